The average Bonchev–Trinajstić information content (AvgIpc) is 2.26. The molecular formula is C12H13ClO3. The lowest BCUT2D eigenvalue weighted by Gasteiger charge is -2.11. The fourth-order valence-corrected chi connectivity index (χ4v) is 1.61. The molecule has 0 saturated carbocycles. The summed E-state index contributed by atoms with van der Waals surface area (Å²) in [5.74, 6) is -0.166. The highest BCUT2D eigenvalue weighted by molar-refractivity contribution is 6.32. The summed E-state index contributed by atoms with van der Waals surface area (Å²) in [6.45, 7) is 5.63. The van der Waals surface area contributed by atoms with Crippen LogP contribution in [0, 0.1) is 0 Å². The second-order valence-corrected chi connectivity index (χ2v) is 3.72. The molecule has 0 N–H and O–H groups in total. The molecular weight excluding hydrogens is 228 g/mol. The SMILES string of the molecule is C=C(C)c1cc(Cl)c(OC)c(C(=O)OC)c1. The highest BCUT2D eigenvalue weighted by Crippen LogP contribution is 2.32. The molecule has 1 aromatic carbocycles. The van der Waals surface area contributed by atoms with Crippen molar-refractivity contribution >= 4 is 23.1 Å². The van der Waals surface area contributed by atoms with Crippen molar-refractivity contribution in [2.24, 2.45) is 0 Å². The molecule has 3 nitrogen and oxygen atoms in total. The molecule has 0 fully saturated rings. The molecule has 1 rings (SSSR count). The molecule has 0 aromatic heterocycles. The van der Waals surface area contributed by atoms with E-state index in [-0.39, 0.29) is 0 Å². The number of carbonyl (C=O) groups is 1. The zero-order chi connectivity index (χ0) is 12.3. The molecule has 0 aliphatic carbocycles. The van der Waals surface area contributed by atoms with Crippen LogP contribution in [-0.4, -0.2) is 20.2 Å². The van der Waals surface area contributed by atoms with E-state index in [2.05, 4.69) is 11.3 Å². The quantitative estimate of drug-likeness (QED) is 0.762. The molecule has 0 aliphatic rings. The van der Waals surface area contributed by atoms with Crippen LogP contribution in [-0.2, 0) is 4.74 Å². The van der Waals surface area contributed by atoms with Crippen molar-refractivity contribution in [3.63, 3.8) is 0 Å². The number of benzene rings is 1. The van der Waals surface area contributed by atoms with Crippen molar-refractivity contribution in [1.82, 2.24) is 0 Å². The first-order valence-corrected chi connectivity index (χ1v) is 5.00. The van der Waals surface area contributed by atoms with Crippen molar-refractivity contribution in [3.05, 3.63) is 34.9 Å². The third kappa shape index (κ3) is 2.36. The lowest BCUT2D eigenvalue weighted by atomic mass is 10.0. The molecule has 0 aliphatic heterocycles. The first kappa shape index (κ1) is 12.6. The predicted molar refractivity (Wildman–Crippen MR) is 64.1 cm³/mol. The molecule has 1 aromatic rings. The highest BCUT2D eigenvalue weighted by Gasteiger charge is 2.17. The van der Waals surface area contributed by atoms with E-state index < -0.39 is 5.97 Å². The van der Waals surface area contributed by atoms with Gasteiger partial charge in [0.2, 0.25) is 0 Å². The minimum Gasteiger partial charge on any atom is -0.494 e. The maximum atomic E-state index is 11.5. The number of halogens is 1. The monoisotopic (exact) mass is 240 g/mol. The van der Waals surface area contributed by atoms with Gasteiger partial charge in [0.25, 0.3) is 0 Å². The largest absolute Gasteiger partial charge is 0.494 e. The second-order valence-electron chi connectivity index (χ2n) is 3.31. The van der Waals surface area contributed by atoms with Crippen LogP contribution in [0.25, 0.3) is 5.57 Å². The van der Waals surface area contributed by atoms with Crippen molar-refractivity contribution < 1.29 is 14.3 Å². The Morgan fingerprint density at radius 2 is 2.00 bits per heavy atom. The molecule has 0 bridgehead atoms. The topological polar surface area (TPSA) is 35.5 Å². The van der Waals surface area contributed by atoms with Gasteiger partial charge in [0.15, 0.2) is 5.75 Å². The fraction of sp³-hybridized carbons (Fsp3) is 0.250. The molecule has 4 heteroatoms. The maximum Gasteiger partial charge on any atom is 0.341 e. The zero-order valence-corrected chi connectivity index (χ0v) is 10.2. The third-order valence-electron chi connectivity index (χ3n) is 2.15. The molecule has 0 unspecified atom stereocenters. The number of hydrogen-bond donors (Lipinski definition) is 0. The van der Waals surface area contributed by atoms with Gasteiger partial charge in [-0.3, -0.25) is 0 Å². The molecule has 0 heterocycles. The standard InChI is InChI=1S/C12H13ClO3/c1-7(2)8-5-9(12(14)16-4)11(15-3)10(13)6-8/h5-6H,1H2,2-4H3. The zero-order valence-electron chi connectivity index (χ0n) is 9.46. The Balaban J connectivity index is 3.42. The Hall–Kier alpha value is -1.48. The summed E-state index contributed by atoms with van der Waals surface area (Å²) in [6.07, 6.45) is 0. The predicted octanol–water partition coefficient (Wildman–Crippen LogP) is 3.17. The summed E-state index contributed by atoms with van der Waals surface area (Å²) >= 11 is 6.01. The van der Waals surface area contributed by atoms with Gasteiger partial charge in [-0.1, -0.05) is 23.8 Å². The van der Waals surface area contributed by atoms with E-state index in [4.69, 9.17) is 16.3 Å². The third-order valence-corrected chi connectivity index (χ3v) is 2.43. The van der Waals surface area contributed by atoms with E-state index in [1.807, 2.05) is 6.92 Å². The lowest BCUT2D eigenvalue weighted by molar-refractivity contribution is 0.0597. The Morgan fingerprint density at radius 1 is 1.38 bits per heavy atom. The van der Waals surface area contributed by atoms with E-state index in [9.17, 15) is 4.79 Å². The summed E-state index contributed by atoms with van der Waals surface area (Å²) in [5.41, 5.74) is 1.90. The van der Waals surface area contributed by atoms with Crippen molar-refractivity contribution in [3.8, 4) is 5.75 Å². The van der Waals surface area contributed by atoms with Crippen LogP contribution < -0.4 is 4.74 Å². The number of esters is 1. The van der Waals surface area contributed by atoms with Gasteiger partial charge in [-0.15, -0.1) is 0 Å². The minimum absolute atomic E-state index is 0.301. The molecule has 0 spiro atoms. The van der Waals surface area contributed by atoms with Gasteiger partial charge in [0.1, 0.15) is 5.56 Å². The van der Waals surface area contributed by atoms with E-state index in [1.165, 1.54) is 14.2 Å². The summed E-state index contributed by atoms with van der Waals surface area (Å²) < 4.78 is 9.73. The molecule has 86 valence electrons. The van der Waals surface area contributed by atoms with Gasteiger partial charge in [-0.2, -0.15) is 0 Å². The smallest absolute Gasteiger partial charge is 0.341 e. The van der Waals surface area contributed by atoms with Gasteiger partial charge >= 0.3 is 5.97 Å². The Morgan fingerprint density at radius 3 is 2.44 bits per heavy atom. The lowest BCUT2D eigenvalue weighted by Crippen LogP contribution is -2.05. The van der Waals surface area contributed by atoms with Crippen LogP contribution in [0.4, 0.5) is 0 Å². The van der Waals surface area contributed by atoms with Crippen LogP contribution in [0.2, 0.25) is 5.02 Å². The van der Waals surface area contributed by atoms with Crippen LogP contribution in [0.15, 0.2) is 18.7 Å². The summed E-state index contributed by atoms with van der Waals surface area (Å²) in [5, 5.41) is 0.364. The van der Waals surface area contributed by atoms with E-state index >= 15 is 0 Å². The Kier molecular flexibility index (Phi) is 3.96. The van der Waals surface area contributed by atoms with E-state index in [1.54, 1.807) is 12.1 Å². The average molecular weight is 241 g/mol. The maximum absolute atomic E-state index is 11.5. The number of hydrogen-bond acceptors (Lipinski definition) is 3. The van der Waals surface area contributed by atoms with Crippen LogP contribution in [0.5, 0.6) is 5.75 Å². The number of rotatable bonds is 3. The first-order valence-electron chi connectivity index (χ1n) is 4.63. The number of allylic oxidation sites excluding steroid dienone is 1. The Bertz CT molecular complexity index is 438. The number of carbonyl (C=O) groups excluding carboxylic acids is 1. The van der Waals surface area contributed by atoms with Gasteiger partial charge < -0.3 is 9.47 Å². The minimum atomic E-state index is -0.484. The summed E-state index contributed by atoms with van der Waals surface area (Å²) in [7, 11) is 2.76. The summed E-state index contributed by atoms with van der Waals surface area (Å²) in [4.78, 5) is 11.5. The second kappa shape index (κ2) is 5.03. The fourth-order valence-electron chi connectivity index (χ4n) is 1.31. The van der Waals surface area contributed by atoms with Crippen LogP contribution >= 0.6 is 11.6 Å². The Labute approximate surface area is 99.6 Å². The van der Waals surface area contributed by atoms with Crippen molar-refractivity contribution in [1.29, 1.82) is 0 Å². The highest BCUT2D eigenvalue weighted by atomic mass is 35.5. The van der Waals surface area contributed by atoms with Crippen LogP contribution in [0.3, 0.4) is 0 Å². The number of ether oxygens (including phenoxy) is 2. The molecule has 0 atom stereocenters. The molecule has 0 amide bonds. The first-order chi connectivity index (χ1) is 7.51. The van der Waals surface area contributed by atoms with E-state index in [0.717, 1.165) is 11.1 Å². The summed E-state index contributed by atoms with van der Waals surface area (Å²) in [6, 6.07) is 3.36. The normalized spacial score (nSPS) is 9.75. The van der Waals surface area contributed by atoms with E-state index in [0.29, 0.717) is 16.3 Å². The van der Waals surface area contributed by atoms with Gasteiger partial charge in [0.05, 0.1) is 19.2 Å². The van der Waals surface area contributed by atoms with Crippen molar-refractivity contribution in [2.75, 3.05) is 14.2 Å². The van der Waals surface area contributed by atoms with Crippen LogP contribution in [0.1, 0.15) is 22.8 Å². The molecule has 0 radical (unpaired) electrons. The van der Waals surface area contributed by atoms with Gasteiger partial charge in [-0.05, 0) is 24.6 Å². The van der Waals surface area contributed by atoms with Gasteiger partial charge in [0, 0.05) is 0 Å². The van der Waals surface area contributed by atoms with Crippen molar-refractivity contribution in [2.45, 2.75) is 6.92 Å². The van der Waals surface area contributed by atoms with Gasteiger partial charge in [-0.25, -0.2) is 4.79 Å². The molecule has 0 saturated heterocycles. The number of methoxy groups -OCH3 is 2. The molecule has 16 heavy (non-hydrogen) atoms.